The molecule has 0 saturated carbocycles. The van der Waals surface area contributed by atoms with Gasteiger partial charge in [-0.3, -0.25) is 0 Å². The third-order valence-electron chi connectivity index (χ3n) is 2.97. The van der Waals surface area contributed by atoms with Crippen LogP contribution in [0.25, 0.3) is 0 Å². The molecule has 0 spiro atoms. The lowest BCUT2D eigenvalue weighted by atomic mass is 9.87. The van der Waals surface area contributed by atoms with Crippen molar-refractivity contribution in [2.45, 2.75) is 38.6 Å². The Morgan fingerprint density at radius 1 is 1.24 bits per heavy atom. The van der Waals surface area contributed by atoms with E-state index in [0.717, 1.165) is 5.56 Å². The highest BCUT2D eigenvalue weighted by atomic mass is 35.5. The average Bonchev–Trinajstić information content (AvgIpc) is 2.76. The van der Waals surface area contributed by atoms with E-state index in [2.05, 4.69) is 45.0 Å². The zero-order valence-electron chi connectivity index (χ0n) is 10.6. The highest BCUT2D eigenvalue weighted by Crippen LogP contribution is 2.29. The van der Waals surface area contributed by atoms with Crippen LogP contribution in [0.3, 0.4) is 0 Å². The molecular formula is C14H19ClO2. The van der Waals surface area contributed by atoms with Crippen LogP contribution < -0.4 is 0 Å². The Balaban J connectivity index is 2.09. The van der Waals surface area contributed by atoms with Gasteiger partial charge in [-0.25, -0.2) is 0 Å². The number of rotatable bonds is 2. The number of ether oxygens (including phenoxy) is 2. The minimum absolute atomic E-state index is 0.0176. The van der Waals surface area contributed by atoms with E-state index >= 15 is 0 Å². The molecule has 0 radical (unpaired) electrons. The maximum absolute atomic E-state index is 5.74. The fourth-order valence-corrected chi connectivity index (χ4v) is 2.01. The molecule has 0 aliphatic carbocycles. The van der Waals surface area contributed by atoms with Crippen molar-refractivity contribution in [3.8, 4) is 0 Å². The molecule has 1 heterocycles. The predicted molar refractivity (Wildman–Crippen MR) is 69.4 cm³/mol. The van der Waals surface area contributed by atoms with E-state index in [-0.39, 0.29) is 17.8 Å². The van der Waals surface area contributed by atoms with E-state index < -0.39 is 0 Å². The summed E-state index contributed by atoms with van der Waals surface area (Å²) in [6.07, 6.45) is -0.239. The largest absolute Gasteiger partial charge is 0.346 e. The molecule has 0 amide bonds. The summed E-state index contributed by atoms with van der Waals surface area (Å²) in [6.45, 7) is 7.19. The average molecular weight is 255 g/mol. The van der Waals surface area contributed by atoms with Crippen molar-refractivity contribution in [1.29, 1.82) is 0 Å². The zero-order valence-corrected chi connectivity index (χ0v) is 11.3. The SMILES string of the molecule is CC(C)(C)c1ccc(C2OCC(CCl)O2)cc1. The van der Waals surface area contributed by atoms with Gasteiger partial charge in [-0.1, -0.05) is 45.0 Å². The van der Waals surface area contributed by atoms with E-state index in [1.165, 1.54) is 5.56 Å². The van der Waals surface area contributed by atoms with E-state index in [0.29, 0.717) is 12.5 Å². The summed E-state index contributed by atoms with van der Waals surface area (Å²) in [5.41, 5.74) is 2.55. The zero-order chi connectivity index (χ0) is 12.5. The molecule has 2 atom stereocenters. The third-order valence-corrected chi connectivity index (χ3v) is 3.31. The summed E-state index contributed by atoms with van der Waals surface area (Å²) in [7, 11) is 0. The number of alkyl halides is 1. The second kappa shape index (κ2) is 4.97. The molecule has 0 N–H and O–H groups in total. The topological polar surface area (TPSA) is 18.5 Å². The molecule has 1 aliphatic heterocycles. The van der Waals surface area contributed by atoms with Crippen LogP contribution in [-0.2, 0) is 14.9 Å². The van der Waals surface area contributed by atoms with Crippen LogP contribution in [0.15, 0.2) is 24.3 Å². The van der Waals surface area contributed by atoms with Crippen molar-refractivity contribution in [2.24, 2.45) is 0 Å². The van der Waals surface area contributed by atoms with Crippen LogP contribution in [0, 0.1) is 0 Å². The minimum atomic E-state index is -0.257. The molecule has 17 heavy (non-hydrogen) atoms. The maximum Gasteiger partial charge on any atom is 0.184 e. The van der Waals surface area contributed by atoms with Crippen LogP contribution >= 0.6 is 11.6 Å². The van der Waals surface area contributed by atoms with Crippen molar-refractivity contribution < 1.29 is 9.47 Å². The van der Waals surface area contributed by atoms with E-state index in [9.17, 15) is 0 Å². The van der Waals surface area contributed by atoms with Crippen molar-refractivity contribution >= 4 is 11.6 Å². The lowest BCUT2D eigenvalue weighted by Crippen LogP contribution is -2.12. The third kappa shape index (κ3) is 3.01. The van der Waals surface area contributed by atoms with Gasteiger partial charge in [0.05, 0.1) is 18.6 Å². The van der Waals surface area contributed by atoms with Crippen LogP contribution in [0.2, 0.25) is 0 Å². The molecular weight excluding hydrogens is 236 g/mol. The normalized spacial score (nSPS) is 25.2. The molecule has 0 bridgehead atoms. The van der Waals surface area contributed by atoms with Crippen molar-refractivity contribution in [3.05, 3.63) is 35.4 Å². The molecule has 94 valence electrons. The molecule has 3 heteroatoms. The fourth-order valence-electron chi connectivity index (χ4n) is 1.84. The lowest BCUT2D eigenvalue weighted by Gasteiger charge is -2.20. The molecule has 2 rings (SSSR count). The highest BCUT2D eigenvalue weighted by molar-refractivity contribution is 6.18. The van der Waals surface area contributed by atoms with Gasteiger partial charge in [-0.2, -0.15) is 0 Å². The van der Waals surface area contributed by atoms with Gasteiger partial charge in [0, 0.05) is 5.56 Å². The summed E-state index contributed by atoms with van der Waals surface area (Å²) in [5, 5.41) is 0. The molecule has 0 aromatic heterocycles. The predicted octanol–water partition coefficient (Wildman–Crippen LogP) is 3.64. The van der Waals surface area contributed by atoms with Gasteiger partial charge in [0.25, 0.3) is 0 Å². The van der Waals surface area contributed by atoms with Crippen molar-refractivity contribution in [1.82, 2.24) is 0 Å². The van der Waals surface area contributed by atoms with Gasteiger partial charge >= 0.3 is 0 Å². The summed E-state index contributed by atoms with van der Waals surface area (Å²) < 4.78 is 11.2. The molecule has 1 aromatic rings. The monoisotopic (exact) mass is 254 g/mol. The second-order valence-electron chi connectivity index (χ2n) is 5.45. The summed E-state index contributed by atoms with van der Waals surface area (Å²) in [5.74, 6) is 0.483. The fraction of sp³-hybridized carbons (Fsp3) is 0.571. The standard InChI is InChI=1S/C14H19ClO2/c1-14(2,3)11-6-4-10(5-7-11)13-16-9-12(8-15)17-13/h4-7,12-13H,8-9H2,1-3H3. The summed E-state index contributed by atoms with van der Waals surface area (Å²) in [6, 6.07) is 8.41. The number of hydrogen-bond donors (Lipinski definition) is 0. The van der Waals surface area contributed by atoms with Gasteiger partial charge in [0.15, 0.2) is 6.29 Å². The Hall–Kier alpha value is -0.570. The van der Waals surface area contributed by atoms with Crippen LogP contribution in [0.5, 0.6) is 0 Å². The van der Waals surface area contributed by atoms with Gasteiger partial charge in [0.2, 0.25) is 0 Å². The molecule has 1 aromatic carbocycles. The summed E-state index contributed by atoms with van der Waals surface area (Å²) in [4.78, 5) is 0. The van der Waals surface area contributed by atoms with Crippen molar-refractivity contribution in [2.75, 3.05) is 12.5 Å². The molecule has 1 saturated heterocycles. The smallest absolute Gasteiger partial charge is 0.184 e. The first-order valence-electron chi connectivity index (χ1n) is 5.94. The first kappa shape index (κ1) is 12.9. The Bertz CT molecular complexity index is 367. The van der Waals surface area contributed by atoms with Gasteiger partial charge in [-0.15, -0.1) is 11.6 Å². The van der Waals surface area contributed by atoms with Crippen LogP contribution in [0.1, 0.15) is 38.2 Å². The Morgan fingerprint density at radius 3 is 2.35 bits per heavy atom. The van der Waals surface area contributed by atoms with Gasteiger partial charge in [-0.05, 0) is 11.0 Å². The van der Waals surface area contributed by atoms with Gasteiger partial charge in [0.1, 0.15) is 0 Å². The van der Waals surface area contributed by atoms with E-state index in [1.54, 1.807) is 0 Å². The quantitative estimate of drug-likeness (QED) is 0.751. The minimum Gasteiger partial charge on any atom is -0.346 e. The molecule has 2 unspecified atom stereocenters. The first-order chi connectivity index (χ1) is 8.00. The number of halogens is 1. The van der Waals surface area contributed by atoms with E-state index in [4.69, 9.17) is 21.1 Å². The van der Waals surface area contributed by atoms with E-state index in [1.807, 2.05) is 0 Å². The van der Waals surface area contributed by atoms with Crippen molar-refractivity contribution in [3.63, 3.8) is 0 Å². The lowest BCUT2D eigenvalue weighted by molar-refractivity contribution is -0.0567. The molecule has 1 fully saturated rings. The highest BCUT2D eigenvalue weighted by Gasteiger charge is 2.26. The number of benzene rings is 1. The number of hydrogen-bond acceptors (Lipinski definition) is 2. The van der Waals surface area contributed by atoms with Crippen LogP contribution in [0.4, 0.5) is 0 Å². The summed E-state index contributed by atoms with van der Waals surface area (Å²) >= 11 is 5.74. The van der Waals surface area contributed by atoms with Crippen LogP contribution in [-0.4, -0.2) is 18.6 Å². The Kier molecular flexibility index (Phi) is 3.76. The second-order valence-corrected chi connectivity index (χ2v) is 5.76. The first-order valence-corrected chi connectivity index (χ1v) is 6.47. The Morgan fingerprint density at radius 2 is 1.88 bits per heavy atom. The molecule has 2 nitrogen and oxygen atoms in total. The Labute approximate surface area is 108 Å². The molecule has 1 aliphatic rings. The maximum atomic E-state index is 5.74. The van der Waals surface area contributed by atoms with Gasteiger partial charge < -0.3 is 9.47 Å².